The quantitative estimate of drug-likeness (QED) is 0.712. The zero-order chi connectivity index (χ0) is 18.6. The number of ether oxygens (including phenoxy) is 1. The third kappa shape index (κ3) is 3.81. The van der Waals surface area contributed by atoms with Crippen LogP contribution < -0.4 is 4.74 Å². The molecule has 4 rings (SSSR count). The number of piperidine rings is 1. The Labute approximate surface area is 157 Å². The summed E-state index contributed by atoms with van der Waals surface area (Å²) < 4.78 is 7.54. The van der Waals surface area contributed by atoms with Crippen LogP contribution in [-0.4, -0.2) is 49.7 Å². The second-order valence-electron chi connectivity index (χ2n) is 6.58. The SMILES string of the molecule is Cn1nc(-c2ccccc2)cc1C(=O)N1CCCC(Oc2cnccn2)C1. The van der Waals surface area contributed by atoms with Crippen molar-refractivity contribution in [1.82, 2.24) is 24.6 Å². The van der Waals surface area contributed by atoms with Crippen LogP contribution in [-0.2, 0) is 7.05 Å². The fraction of sp³-hybridized carbons (Fsp3) is 0.300. The molecular weight excluding hydrogens is 342 g/mol. The molecule has 1 unspecified atom stereocenters. The lowest BCUT2D eigenvalue weighted by molar-refractivity contribution is 0.0517. The second kappa shape index (κ2) is 7.57. The summed E-state index contributed by atoms with van der Waals surface area (Å²) in [4.78, 5) is 23.0. The van der Waals surface area contributed by atoms with Gasteiger partial charge in [-0.3, -0.25) is 14.5 Å². The first kappa shape index (κ1) is 17.2. The molecule has 2 aromatic heterocycles. The lowest BCUT2D eigenvalue weighted by Gasteiger charge is -2.32. The van der Waals surface area contributed by atoms with E-state index in [1.54, 1.807) is 30.3 Å². The van der Waals surface area contributed by atoms with Crippen molar-refractivity contribution >= 4 is 5.91 Å². The fourth-order valence-corrected chi connectivity index (χ4v) is 3.32. The maximum absolute atomic E-state index is 13.0. The van der Waals surface area contributed by atoms with Crippen molar-refractivity contribution in [1.29, 1.82) is 0 Å². The van der Waals surface area contributed by atoms with Crippen LogP contribution in [0.25, 0.3) is 11.3 Å². The van der Waals surface area contributed by atoms with Gasteiger partial charge in [-0.25, -0.2) is 4.98 Å². The number of likely N-dealkylation sites (tertiary alicyclic amines) is 1. The molecule has 1 aliphatic rings. The van der Waals surface area contributed by atoms with Gasteiger partial charge in [0.05, 0.1) is 18.4 Å². The minimum absolute atomic E-state index is 0.0281. The summed E-state index contributed by atoms with van der Waals surface area (Å²) in [6.07, 6.45) is 6.49. The molecule has 0 radical (unpaired) electrons. The largest absolute Gasteiger partial charge is 0.471 e. The van der Waals surface area contributed by atoms with Crippen molar-refractivity contribution in [2.45, 2.75) is 18.9 Å². The lowest BCUT2D eigenvalue weighted by Crippen LogP contribution is -2.45. The van der Waals surface area contributed by atoms with Gasteiger partial charge < -0.3 is 9.64 Å². The molecule has 1 aliphatic heterocycles. The Hall–Kier alpha value is -3.22. The summed E-state index contributed by atoms with van der Waals surface area (Å²) in [7, 11) is 1.80. The van der Waals surface area contributed by atoms with Crippen molar-refractivity contribution < 1.29 is 9.53 Å². The maximum atomic E-state index is 13.0. The van der Waals surface area contributed by atoms with Gasteiger partial charge >= 0.3 is 0 Å². The molecule has 0 N–H and O–H groups in total. The summed E-state index contributed by atoms with van der Waals surface area (Å²) in [6.45, 7) is 1.24. The zero-order valence-electron chi connectivity index (χ0n) is 15.2. The van der Waals surface area contributed by atoms with Crippen LogP contribution in [0.2, 0.25) is 0 Å². The predicted octanol–water partition coefficient (Wildman–Crippen LogP) is 2.56. The van der Waals surface area contributed by atoms with Crippen LogP contribution in [0, 0.1) is 0 Å². The average Bonchev–Trinajstić information content (AvgIpc) is 3.11. The van der Waals surface area contributed by atoms with Crippen molar-refractivity contribution in [3.8, 4) is 17.1 Å². The Kier molecular flexibility index (Phi) is 4.82. The highest BCUT2D eigenvalue weighted by Gasteiger charge is 2.28. The van der Waals surface area contributed by atoms with E-state index in [2.05, 4.69) is 15.1 Å². The Morgan fingerprint density at radius 3 is 2.85 bits per heavy atom. The summed E-state index contributed by atoms with van der Waals surface area (Å²) in [5.41, 5.74) is 2.37. The molecule has 0 saturated carbocycles. The summed E-state index contributed by atoms with van der Waals surface area (Å²) in [5.74, 6) is 0.461. The molecule has 7 nitrogen and oxygen atoms in total. The third-order valence-corrected chi connectivity index (χ3v) is 4.66. The van der Waals surface area contributed by atoms with Crippen molar-refractivity contribution in [3.05, 3.63) is 60.7 Å². The van der Waals surface area contributed by atoms with Gasteiger partial charge in [-0.05, 0) is 18.9 Å². The van der Waals surface area contributed by atoms with E-state index in [0.29, 0.717) is 24.7 Å². The van der Waals surface area contributed by atoms with Gasteiger partial charge in [0.15, 0.2) is 0 Å². The zero-order valence-corrected chi connectivity index (χ0v) is 15.2. The molecule has 1 atom stereocenters. The number of carbonyl (C=O) groups is 1. The second-order valence-corrected chi connectivity index (χ2v) is 6.58. The first-order valence-corrected chi connectivity index (χ1v) is 9.02. The number of aromatic nitrogens is 4. The topological polar surface area (TPSA) is 73.1 Å². The predicted molar refractivity (Wildman–Crippen MR) is 100 cm³/mol. The number of aryl methyl sites for hydroxylation is 1. The number of nitrogens with zero attached hydrogens (tertiary/aromatic N) is 5. The van der Waals surface area contributed by atoms with E-state index in [4.69, 9.17) is 4.74 Å². The van der Waals surface area contributed by atoms with Gasteiger partial charge in [-0.1, -0.05) is 30.3 Å². The average molecular weight is 363 g/mol. The van der Waals surface area contributed by atoms with Crippen molar-refractivity contribution in [2.24, 2.45) is 7.05 Å². The Bertz CT molecular complexity index is 911. The van der Waals surface area contributed by atoms with Gasteiger partial charge in [0.2, 0.25) is 5.88 Å². The van der Waals surface area contributed by atoms with Gasteiger partial charge in [-0.2, -0.15) is 5.10 Å². The third-order valence-electron chi connectivity index (χ3n) is 4.66. The summed E-state index contributed by atoms with van der Waals surface area (Å²) >= 11 is 0. The smallest absolute Gasteiger partial charge is 0.272 e. The molecule has 1 amide bonds. The van der Waals surface area contributed by atoms with E-state index in [9.17, 15) is 4.79 Å². The van der Waals surface area contributed by atoms with E-state index in [1.807, 2.05) is 41.3 Å². The highest BCUT2D eigenvalue weighted by atomic mass is 16.5. The van der Waals surface area contributed by atoms with Crippen LogP contribution in [0.15, 0.2) is 55.0 Å². The summed E-state index contributed by atoms with van der Waals surface area (Å²) in [6, 6.07) is 11.7. The first-order chi connectivity index (χ1) is 13.2. The molecule has 27 heavy (non-hydrogen) atoms. The van der Waals surface area contributed by atoms with E-state index in [0.717, 1.165) is 24.1 Å². The van der Waals surface area contributed by atoms with Gasteiger partial charge in [0.1, 0.15) is 11.8 Å². The Balaban J connectivity index is 1.48. The van der Waals surface area contributed by atoms with Crippen LogP contribution in [0.3, 0.4) is 0 Å². The molecule has 1 saturated heterocycles. The number of amides is 1. The van der Waals surface area contributed by atoms with E-state index >= 15 is 0 Å². The van der Waals surface area contributed by atoms with Crippen LogP contribution >= 0.6 is 0 Å². The molecule has 0 spiro atoms. The molecule has 7 heteroatoms. The normalized spacial score (nSPS) is 16.9. The number of hydrogen-bond acceptors (Lipinski definition) is 5. The lowest BCUT2D eigenvalue weighted by atomic mass is 10.1. The van der Waals surface area contributed by atoms with E-state index in [1.165, 1.54) is 0 Å². The van der Waals surface area contributed by atoms with Crippen LogP contribution in [0.1, 0.15) is 23.3 Å². The first-order valence-electron chi connectivity index (χ1n) is 9.02. The molecule has 0 bridgehead atoms. The molecule has 138 valence electrons. The molecule has 1 fully saturated rings. The number of hydrogen-bond donors (Lipinski definition) is 0. The standard InChI is InChI=1S/C20H21N5O2/c1-24-18(12-17(23-24)15-6-3-2-4-7-15)20(26)25-11-5-8-16(14-25)27-19-13-21-9-10-22-19/h2-4,6-7,9-10,12-13,16H,5,8,11,14H2,1H3. The maximum Gasteiger partial charge on any atom is 0.272 e. The Morgan fingerprint density at radius 1 is 1.22 bits per heavy atom. The van der Waals surface area contributed by atoms with Gasteiger partial charge in [0.25, 0.3) is 5.91 Å². The number of rotatable bonds is 4. The van der Waals surface area contributed by atoms with Crippen LogP contribution in [0.5, 0.6) is 5.88 Å². The monoisotopic (exact) mass is 363 g/mol. The summed E-state index contributed by atoms with van der Waals surface area (Å²) in [5, 5.41) is 4.50. The van der Waals surface area contributed by atoms with Crippen molar-refractivity contribution in [3.63, 3.8) is 0 Å². The van der Waals surface area contributed by atoms with Gasteiger partial charge in [0, 0.05) is 31.5 Å². The van der Waals surface area contributed by atoms with Gasteiger partial charge in [-0.15, -0.1) is 0 Å². The number of carbonyl (C=O) groups excluding carboxylic acids is 1. The highest BCUT2D eigenvalue weighted by Crippen LogP contribution is 2.21. The number of benzene rings is 1. The molecule has 0 aliphatic carbocycles. The van der Waals surface area contributed by atoms with Crippen molar-refractivity contribution in [2.75, 3.05) is 13.1 Å². The fourth-order valence-electron chi connectivity index (χ4n) is 3.32. The highest BCUT2D eigenvalue weighted by molar-refractivity contribution is 5.93. The molecule has 1 aromatic carbocycles. The molecular formula is C20H21N5O2. The minimum atomic E-state index is -0.0822. The molecule has 3 heterocycles. The molecule has 3 aromatic rings. The van der Waals surface area contributed by atoms with Crippen LogP contribution in [0.4, 0.5) is 0 Å². The van der Waals surface area contributed by atoms with E-state index in [-0.39, 0.29) is 12.0 Å². The Morgan fingerprint density at radius 2 is 2.07 bits per heavy atom. The minimum Gasteiger partial charge on any atom is -0.471 e. The van der Waals surface area contributed by atoms with E-state index < -0.39 is 0 Å².